The zero-order valence-corrected chi connectivity index (χ0v) is 19.4. The summed E-state index contributed by atoms with van der Waals surface area (Å²) in [6.45, 7) is 3.73. The first-order valence-corrected chi connectivity index (χ1v) is 11.5. The maximum atomic E-state index is 13.6. The molecule has 4 rings (SSSR count). The third-order valence-electron chi connectivity index (χ3n) is 5.91. The van der Waals surface area contributed by atoms with Gasteiger partial charge in [0.2, 0.25) is 5.41 Å². The zero-order chi connectivity index (χ0) is 24.0. The van der Waals surface area contributed by atoms with Gasteiger partial charge in [-0.3, -0.25) is 14.6 Å². The molecule has 0 unspecified atom stereocenters. The highest BCUT2D eigenvalue weighted by molar-refractivity contribution is 6.28. The summed E-state index contributed by atoms with van der Waals surface area (Å²) >= 11 is 0. The first-order valence-electron chi connectivity index (χ1n) is 11.5. The average molecular weight is 457 g/mol. The van der Waals surface area contributed by atoms with Gasteiger partial charge in [0.25, 0.3) is 0 Å². The summed E-state index contributed by atoms with van der Waals surface area (Å²) < 4.78 is 11.0. The fourth-order valence-electron chi connectivity index (χ4n) is 4.34. The summed E-state index contributed by atoms with van der Waals surface area (Å²) in [5.41, 5.74) is 1.06. The molecular formula is C28H28N2O4. The van der Waals surface area contributed by atoms with E-state index in [1.54, 1.807) is 13.8 Å². The van der Waals surface area contributed by atoms with Crippen molar-refractivity contribution in [2.24, 2.45) is 10.5 Å². The van der Waals surface area contributed by atoms with Crippen molar-refractivity contribution in [3.63, 3.8) is 0 Å². The second-order valence-corrected chi connectivity index (χ2v) is 7.97. The molecule has 1 aliphatic rings. The first kappa shape index (κ1) is 23.2. The van der Waals surface area contributed by atoms with Crippen LogP contribution in [0.3, 0.4) is 0 Å². The fraction of sp³-hybridized carbons (Fsp3) is 0.250. The van der Waals surface area contributed by atoms with Crippen LogP contribution in [0.2, 0.25) is 0 Å². The van der Waals surface area contributed by atoms with Crippen molar-refractivity contribution in [1.82, 2.24) is 0 Å². The highest BCUT2D eigenvalue weighted by atomic mass is 16.6. The molecule has 0 bridgehead atoms. The van der Waals surface area contributed by atoms with Crippen molar-refractivity contribution >= 4 is 23.3 Å². The Hall–Kier alpha value is -3.93. The Kier molecular flexibility index (Phi) is 7.07. The molecule has 0 amide bonds. The zero-order valence-electron chi connectivity index (χ0n) is 19.4. The van der Waals surface area contributed by atoms with Gasteiger partial charge in [-0.25, -0.2) is 0 Å². The number of benzene rings is 3. The number of carbonyl (C=O) groups excluding carboxylic acids is 2. The monoisotopic (exact) mass is 456 g/mol. The van der Waals surface area contributed by atoms with Crippen molar-refractivity contribution in [2.75, 3.05) is 18.2 Å². The van der Waals surface area contributed by atoms with Crippen molar-refractivity contribution in [3.05, 3.63) is 102 Å². The molecule has 0 aliphatic carbocycles. The molecule has 0 saturated carbocycles. The van der Waals surface area contributed by atoms with Crippen molar-refractivity contribution < 1.29 is 19.1 Å². The Bertz CT molecular complexity index is 1130. The molecule has 0 radical (unpaired) electrons. The highest BCUT2D eigenvalue weighted by Gasteiger charge is 2.58. The quantitative estimate of drug-likeness (QED) is 0.363. The Balaban J connectivity index is 2.00. The number of carbonyl (C=O) groups is 2. The third-order valence-corrected chi connectivity index (χ3v) is 5.91. The molecule has 34 heavy (non-hydrogen) atoms. The van der Waals surface area contributed by atoms with Crippen molar-refractivity contribution in [3.8, 4) is 0 Å². The molecule has 6 heteroatoms. The number of rotatable bonds is 7. The van der Waals surface area contributed by atoms with E-state index in [9.17, 15) is 9.59 Å². The van der Waals surface area contributed by atoms with E-state index in [0.717, 1.165) is 11.3 Å². The summed E-state index contributed by atoms with van der Waals surface area (Å²) in [4.78, 5) is 27.2. The molecule has 0 saturated heterocycles. The number of ether oxygens (including phenoxy) is 2. The predicted molar refractivity (Wildman–Crippen MR) is 131 cm³/mol. The van der Waals surface area contributed by atoms with Crippen LogP contribution in [0.25, 0.3) is 0 Å². The van der Waals surface area contributed by atoms with Gasteiger partial charge >= 0.3 is 11.9 Å². The number of hydrazone groups is 1. The fourth-order valence-corrected chi connectivity index (χ4v) is 4.34. The van der Waals surface area contributed by atoms with Crippen LogP contribution >= 0.6 is 0 Å². The molecule has 0 N–H and O–H groups in total. The van der Waals surface area contributed by atoms with Crippen LogP contribution in [0.5, 0.6) is 0 Å². The molecule has 3 aromatic rings. The lowest BCUT2D eigenvalue weighted by Crippen LogP contribution is -2.54. The van der Waals surface area contributed by atoms with E-state index in [-0.39, 0.29) is 19.6 Å². The Morgan fingerprint density at radius 2 is 1.32 bits per heavy atom. The topological polar surface area (TPSA) is 68.2 Å². The first-order chi connectivity index (χ1) is 16.6. The smallest absolute Gasteiger partial charge is 0.329 e. The third kappa shape index (κ3) is 4.31. The molecular weight excluding hydrogens is 428 g/mol. The van der Waals surface area contributed by atoms with E-state index >= 15 is 0 Å². The van der Waals surface area contributed by atoms with E-state index in [0.29, 0.717) is 11.3 Å². The number of hydrogen-bond donors (Lipinski definition) is 0. The Labute approximate surface area is 199 Å². The van der Waals surface area contributed by atoms with E-state index in [1.807, 2.05) is 96.0 Å². The SMILES string of the molecule is CCOC(=O)C1(C(=O)OCC)C[C@@H](c2ccccc2)N(c2ccccc2)N=C1c1ccccc1. The normalized spacial score (nSPS) is 16.9. The Morgan fingerprint density at radius 1 is 0.824 bits per heavy atom. The van der Waals surface area contributed by atoms with Crippen LogP contribution in [0.1, 0.15) is 37.4 Å². The molecule has 174 valence electrons. The van der Waals surface area contributed by atoms with E-state index in [4.69, 9.17) is 14.6 Å². The van der Waals surface area contributed by atoms with Gasteiger partial charge in [-0.2, -0.15) is 5.10 Å². The molecule has 0 fully saturated rings. The summed E-state index contributed by atoms with van der Waals surface area (Å²) in [5.74, 6) is -1.30. The lowest BCUT2D eigenvalue weighted by Gasteiger charge is -2.42. The van der Waals surface area contributed by atoms with Gasteiger partial charge < -0.3 is 9.47 Å². The van der Waals surface area contributed by atoms with E-state index in [1.165, 1.54) is 0 Å². The lowest BCUT2D eigenvalue weighted by molar-refractivity contribution is -0.167. The standard InChI is InChI=1S/C28H28N2O4/c1-3-33-26(31)28(27(32)34-4-2)20-24(21-14-8-5-9-15-21)30(23-18-12-7-13-19-23)29-25(28)22-16-10-6-11-17-22/h5-19,24H,3-4,20H2,1-2H3/t24-/m0/s1. The number of nitrogens with zero attached hydrogens (tertiary/aromatic N) is 2. The average Bonchev–Trinajstić information content (AvgIpc) is 2.89. The maximum Gasteiger partial charge on any atom is 0.329 e. The summed E-state index contributed by atoms with van der Waals surface area (Å²) in [7, 11) is 0. The van der Waals surface area contributed by atoms with Gasteiger partial charge in [-0.1, -0.05) is 78.9 Å². The number of esters is 2. The van der Waals surface area contributed by atoms with Gasteiger partial charge in [-0.15, -0.1) is 0 Å². The number of anilines is 1. The van der Waals surface area contributed by atoms with Gasteiger partial charge in [0.1, 0.15) is 0 Å². The van der Waals surface area contributed by atoms with Crippen molar-refractivity contribution in [2.45, 2.75) is 26.3 Å². The molecule has 3 aromatic carbocycles. The molecule has 1 heterocycles. The van der Waals surface area contributed by atoms with Gasteiger partial charge in [-0.05, 0) is 37.1 Å². The van der Waals surface area contributed by atoms with Crippen LogP contribution in [0, 0.1) is 5.41 Å². The largest absolute Gasteiger partial charge is 0.465 e. The van der Waals surface area contributed by atoms with Gasteiger partial charge in [0.05, 0.1) is 30.7 Å². The number of para-hydroxylation sites is 1. The predicted octanol–water partition coefficient (Wildman–Crippen LogP) is 5.15. The van der Waals surface area contributed by atoms with Crippen LogP contribution in [0.4, 0.5) is 5.69 Å². The summed E-state index contributed by atoms with van der Waals surface area (Å²) in [6.07, 6.45) is 0.122. The molecule has 1 atom stereocenters. The Morgan fingerprint density at radius 3 is 1.85 bits per heavy atom. The molecule has 0 aromatic heterocycles. The van der Waals surface area contributed by atoms with Gasteiger partial charge in [0.15, 0.2) is 0 Å². The van der Waals surface area contributed by atoms with Crippen molar-refractivity contribution in [1.29, 1.82) is 0 Å². The second-order valence-electron chi connectivity index (χ2n) is 7.97. The minimum Gasteiger partial charge on any atom is -0.465 e. The lowest BCUT2D eigenvalue weighted by atomic mass is 9.72. The van der Waals surface area contributed by atoms with Crippen LogP contribution < -0.4 is 5.01 Å². The van der Waals surface area contributed by atoms with Crippen LogP contribution in [0.15, 0.2) is 96.1 Å². The molecule has 6 nitrogen and oxygen atoms in total. The minimum absolute atomic E-state index is 0.122. The molecule has 0 spiro atoms. The van der Waals surface area contributed by atoms with E-state index < -0.39 is 23.4 Å². The van der Waals surface area contributed by atoms with E-state index in [2.05, 4.69) is 0 Å². The minimum atomic E-state index is -1.71. The second kappa shape index (κ2) is 10.3. The van der Waals surface area contributed by atoms with Crippen LogP contribution in [-0.2, 0) is 19.1 Å². The maximum absolute atomic E-state index is 13.6. The number of hydrogen-bond acceptors (Lipinski definition) is 6. The van der Waals surface area contributed by atoms with Gasteiger partial charge in [0, 0.05) is 6.42 Å². The summed E-state index contributed by atoms with van der Waals surface area (Å²) in [5, 5.41) is 6.87. The summed E-state index contributed by atoms with van der Waals surface area (Å²) in [6, 6.07) is 28.4. The molecule has 1 aliphatic heterocycles. The highest BCUT2D eigenvalue weighted by Crippen LogP contribution is 2.45. The van der Waals surface area contributed by atoms with Crippen LogP contribution in [-0.4, -0.2) is 30.9 Å².